The van der Waals surface area contributed by atoms with Gasteiger partial charge in [0.15, 0.2) is 0 Å². The number of aliphatic carboxylic acids is 2. The molecule has 0 aromatic heterocycles. The van der Waals surface area contributed by atoms with Crippen LogP contribution in [0.5, 0.6) is 11.5 Å². The van der Waals surface area contributed by atoms with Crippen LogP contribution in [0.3, 0.4) is 0 Å². The van der Waals surface area contributed by atoms with Crippen molar-refractivity contribution in [3.05, 3.63) is 78.9 Å². The summed E-state index contributed by atoms with van der Waals surface area (Å²) < 4.78 is 0. The van der Waals surface area contributed by atoms with Crippen molar-refractivity contribution in [2.45, 2.75) is 133 Å². The molecule has 2 aromatic rings. The summed E-state index contributed by atoms with van der Waals surface area (Å²) in [4.78, 5) is 17.8. The van der Waals surface area contributed by atoms with Crippen molar-refractivity contribution in [2.24, 2.45) is 10.8 Å². The molecule has 0 saturated carbocycles. The summed E-state index contributed by atoms with van der Waals surface area (Å²) in [5.41, 5.74) is 4.58. The average Bonchev–Trinajstić information content (AvgIpc) is 2.94. The molecule has 0 fully saturated rings. The Morgan fingerprint density at radius 1 is 0.615 bits per heavy atom. The number of hydrogen-bond acceptors (Lipinski definition) is 6. The van der Waals surface area contributed by atoms with Crippen LogP contribution in [0.2, 0.25) is 0 Å². The maximum absolute atomic E-state index is 13.8. The number of nitrogens with zero attached hydrogens (tertiary/aromatic N) is 4. The largest absolute Gasteiger partial charge is 2.00 e. The van der Waals surface area contributed by atoms with Crippen molar-refractivity contribution in [2.75, 3.05) is 26.2 Å². The van der Waals surface area contributed by atoms with E-state index < -0.39 is 11.9 Å². The van der Waals surface area contributed by atoms with E-state index in [0.717, 1.165) is 47.2 Å². The first kappa shape index (κ1) is 52.5. The molecule has 1 heterocycles. The van der Waals surface area contributed by atoms with Crippen molar-refractivity contribution in [3.63, 3.8) is 0 Å². The van der Waals surface area contributed by atoms with E-state index in [2.05, 4.69) is 81.4 Å². The van der Waals surface area contributed by atoms with Gasteiger partial charge in [0.25, 0.3) is 0 Å². The molecule has 0 spiro atoms. The standard InChI is InChI=1S/C36H56N4O2.2C2H4O2.2Mg/c1-23-29-15-28(34(6,7)8)16-30(32(29)42)24(2)40-22-36(11,12)20-38-18-26-14-27(33(3,4)5)13-25(31(26)41)17-37-19-35(9,10)21-39-23;2*1-2(3)4;;/h13-16,23-24,41-42H,17-22H2,1-12H3;2*1H3,(H,3,4);;/q-4;;;2*+2/p-4. The Balaban J connectivity index is 0. The molecule has 0 radical (unpaired) electrons. The molecule has 284 valence electrons. The molecule has 4 bridgehead atoms. The van der Waals surface area contributed by atoms with E-state index >= 15 is 0 Å². The minimum Gasteiger partial charge on any atom is -0.872 e. The quantitative estimate of drug-likeness (QED) is 0.319. The Morgan fingerprint density at radius 2 is 0.904 bits per heavy atom. The second-order valence-electron chi connectivity index (χ2n) is 17.0. The van der Waals surface area contributed by atoms with Gasteiger partial charge in [-0.15, -0.1) is 62.9 Å². The normalized spacial score (nSPS) is 19.4. The Bertz CT molecular complexity index is 1340. The maximum Gasteiger partial charge on any atom is 2.00 e. The smallest absolute Gasteiger partial charge is 0.872 e. The molecule has 3 rings (SSSR count). The predicted molar refractivity (Wildman–Crippen MR) is 207 cm³/mol. The van der Waals surface area contributed by atoms with E-state index in [-0.39, 0.29) is 91.3 Å². The average molecular weight is 742 g/mol. The molecule has 52 heavy (non-hydrogen) atoms. The third kappa shape index (κ3) is 18.6. The summed E-state index contributed by atoms with van der Waals surface area (Å²) in [7, 11) is 0. The van der Waals surface area contributed by atoms with Gasteiger partial charge in [-0.2, -0.15) is 0 Å². The van der Waals surface area contributed by atoms with E-state index in [1.165, 1.54) is 0 Å². The van der Waals surface area contributed by atoms with Crippen LogP contribution in [-0.4, -0.2) is 84.2 Å². The van der Waals surface area contributed by atoms with Crippen LogP contribution in [0.4, 0.5) is 0 Å². The third-order valence-electron chi connectivity index (χ3n) is 8.25. The minimum atomic E-state index is -1.08. The Kier molecular flexibility index (Phi) is 22.2. The molecular weight excluding hydrogens is 681 g/mol. The van der Waals surface area contributed by atoms with Crippen LogP contribution in [0, 0.1) is 10.8 Å². The number of benzene rings is 2. The van der Waals surface area contributed by atoms with Crippen molar-refractivity contribution in [1.82, 2.24) is 0 Å². The number of carbonyl (C=O) groups excluding carboxylic acids is 2. The summed E-state index contributed by atoms with van der Waals surface area (Å²) in [5.74, 6) is -2.07. The number of carboxylic acid groups (broad SMARTS) is 2. The molecule has 1 aliphatic rings. The molecule has 12 heteroatoms. The van der Waals surface area contributed by atoms with E-state index in [4.69, 9.17) is 41.1 Å². The van der Waals surface area contributed by atoms with Gasteiger partial charge in [-0.25, -0.2) is 0 Å². The van der Waals surface area contributed by atoms with Crippen LogP contribution in [0.15, 0.2) is 24.3 Å². The van der Waals surface area contributed by atoms with Gasteiger partial charge in [0.2, 0.25) is 0 Å². The predicted octanol–water partition coefficient (Wildman–Crippen LogP) is 5.56. The zero-order valence-corrected chi connectivity index (χ0v) is 37.2. The van der Waals surface area contributed by atoms with E-state index in [0.29, 0.717) is 39.3 Å². The first-order valence-electron chi connectivity index (χ1n) is 17.3. The SMILES string of the molecule is CC(=O)[O-].CC(=O)[O-].CC1[N-]CC(C)(C)C[N-]Cc2cc(C(C)(C)C)cc(c2[O-])C[N-]CC(C)(C)C[N-]C(C)c2cc(C(C)(C)C)cc1c2[O-].[Mg+2].[Mg+2]. The molecule has 2 aromatic carbocycles. The summed E-state index contributed by atoms with van der Waals surface area (Å²) in [6, 6.07) is 7.67. The third-order valence-corrected chi connectivity index (χ3v) is 8.25. The molecule has 10 nitrogen and oxygen atoms in total. The first-order chi connectivity index (χ1) is 22.7. The van der Waals surface area contributed by atoms with Crippen LogP contribution in [0.1, 0.15) is 142 Å². The number of rotatable bonds is 0. The van der Waals surface area contributed by atoms with Crippen molar-refractivity contribution >= 4 is 58.0 Å². The summed E-state index contributed by atoms with van der Waals surface area (Å²) in [6.07, 6.45) is 0. The molecule has 1 aliphatic heterocycles. The van der Waals surface area contributed by atoms with Gasteiger partial charge in [0.1, 0.15) is 0 Å². The van der Waals surface area contributed by atoms with E-state index in [1.54, 1.807) is 0 Å². The van der Waals surface area contributed by atoms with Gasteiger partial charge >= 0.3 is 46.1 Å². The number of fused-ring (bicyclic) bond motifs is 4. The van der Waals surface area contributed by atoms with Crippen LogP contribution in [0.25, 0.3) is 21.3 Å². The summed E-state index contributed by atoms with van der Waals surface area (Å²) >= 11 is 0. The molecule has 0 saturated heterocycles. The molecule has 2 unspecified atom stereocenters. The van der Waals surface area contributed by atoms with Crippen LogP contribution in [-0.2, 0) is 33.5 Å². The zero-order chi connectivity index (χ0) is 38.8. The molecule has 0 N–H and O–H groups in total. The Hall–Kier alpha value is -1.65. The fourth-order valence-electron chi connectivity index (χ4n) is 5.17. The van der Waals surface area contributed by atoms with Gasteiger partial charge in [-0.3, -0.25) is 0 Å². The van der Waals surface area contributed by atoms with Crippen molar-refractivity contribution < 1.29 is 30.0 Å². The second kappa shape index (κ2) is 22.0. The van der Waals surface area contributed by atoms with Crippen LogP contribution < -0.4 is 20.4 Å². The van der Waals surface area contributed by atoms with Gasteiger partial charge < -0.3 is 51.3 Å². The van der Waals surface area contributed by atoms with Gasteiger partial charge in [-0.1, -0.05) is 140 Å². The number of hydrogen-bond donors (Lipinski definition) is 0. The number of carboxylic acids is 2. The molecular formula is C40H60Mg2N4O6-4. The van der Waals surface area contributed by atoms with Gasteiger partial charge in [-0.05, 0) is 35.8 Å². The second-order valence-corrected chi connectivity index (χ2v) is 17.0. The van der Waals surface area contributed by atoms with Crippen LogP contribution >= 0.6 is 0 Å². The fourth-order valence-corrected chi connectivity index (χ4v) is 5.17. The first-order valence-corrected chi connectivity index (χ1v) is 17.3. The molecule has 2 atom stereocenters. The van der Waals surface area contributed by atoms with Gasteiger partial charge in [0, 0.05) is 11.9 Å². The fraction of sp³-hybridized carbons (Fsp3) is 0.650. The van der Waals surface area contributed by atoms with Crippen molar-refractivity contribution in [3.8, 4) is 11.5 Å². The summed E-state index contributed by atoms with van der Waals surface area (Å²) in [6.45, 7) is 30.6. The summed E-state index contributed by atoms with van der Waals surface area (Å²) in [5, 5.41) is 64.8. The monoisotopic (exact) mass is 740 g/mol. The van der Waals surface area contributed by atoms with E-state index in [9.17, 15) is 10.2 Å². The number of carbonyl (C=O) groups is 2. The van der Waals surface area contributed by atoms with Crippen molar-refractivity contribution in [1.29, 1.82) is 0 Å². The van der Waals surface area contributed by atoms with Gasteiger partial charge in [0.05, 0.1) is 0 Å². The Labute approximate surface area is 346 Å². The topological polar surface area (TPSA) is 183 Å². The van der Waals surface area contributed by atoms with E-state index in [1.807, 2.05) is 26.0 Å². The maximum atomic E-state index is 13.8. The minimum absolute atomic E-state index is 0. The Morgan fingerprint density at radius 3 is 1.19 bits per heavy atom. The molecule has 0 amide bonds. The zero-order valence-electron chi connectivity index (χ0n) is 34.4. The molecule has 0 aliphatic carbocycles.